The molecule has 3 aromatic rings. The summed E-state index contributed by atoms with van der Waals surface area (Å²) in [6.45, 7) is 3.91. The molecule has 2 bridgehead atoms. The Labute approximate surface area is 157 Å². The summed E-state index contributed by atoms with van der Waals surface area (Å²) in [4.78, 5) is 19.9. The highest BCUT2D eigenvalue weighted by molar-refractivity contribution is 6.04. The quantitative estimate of drug-likeness (QED) is 0.735. The van der Waals surface area contributed by atoms with Gasteiger partial charge in [-0.1, -0.05) is 12.1 Å². The Hall–Kier alpha value is -2.60. The van der Waals surface area contributed by atoms with Gasteiger partial charge in [-0.15, -0.1) is 0 Å². The van der Waals surface area contributed by atoms with E-state index in [2.05, 4.69) is 20.7 Å². The van der Waals surface area contributed by atoms with Crippen LogP contribution in [0.15, 0.2) is 24.3 Å². The first-order valence-electron chi connectivity index (χ1n) is 9.96. The van der Waals surface area contributed by atoms with Gasteiger partial charge in [-0.25, -0.2) is 4.98 Å². The number of carbonyl (C=O) groups excluding carboxylic acids is 1. The molecule has 3 heterocycles. The van der Waals surface area contributed by atoms with E-state index in [0.717, 1.165) is 55.7 Å². The molecule has 6 heteroatoms. The normalized spacial score (nSPS) is 24.1. The summed E-state index contributed by atoms with van der Waals surface area (Å²) in [6, 6.07) is 8.17. The number of fused-ring (bicyclic) bond motifs is 8. The molecule has 1 aromatic carbocycles. The van der Waals surface area contributed by atoms with Crippen LogP contribution in [0.25, 0.3) is 16.7 Å². The number of hydrogen-bond donors (Lipinski definition) is 2. The third-order valence-electron chi connectivity index (χ3n) is 6.71. The largest absolute Gasteiger partial charge is 0.365 e. The van der Waals surface area contributed by atoms with Gasteiger partial charge in [0.2, 0.25) is 0 Å². The van der Waals surface area contributed by atoms with Crippen LogP contribution >= 0.6 is 0 Å². The number of hydrogen-bond acceptors (Lipinski definition) is 4. The van der Waals surface area contributed by atoms with Crippen molar-refractivity contribution in [3.05, 3.63) is 41.0 Å². The number of imidazole rings is 1. The summed E-state index contributed by atoms with van der Waals surface area (Å²) in [5.41, 5.74) is 11.9. The average Bonchev–Trinajstić information content (AvgIpc) is 3.39. The lowest BCUT2D eigenvalue weighted by molar-refractivity contribution is 0.1000. The van der Waals surface area contributed by atoms with Crippen LogP contribution in [0.5, 0.6) is 0 Å². The Morgan fingerprint density at radius 3 is 2.63 bits per heavy atom. The van der Waals surface area contributed by atoms with E-state index in [1.807, 2.05) is 18.2 Å². The number of piperazine rings is 1. The van der Waals surface area contributed by atoms with Gasteiger partial charge in [0.1, 0.15) is 5.82 Å². The molecule has 2 fully saturated rings. The van der Waals surface area contributed by atoms with Crippen molar-refractivity contribution < 1.29 is 4.79 Å². The molecule has 27 heavy (non-hydrogen) atoms. The zero-order valence-electron chi connectivity index (χ0n) is 15.2. The second-order valence-electron chi connectivity index (χ2n) is 8.09. The van der Waals surface area contributed by atoms with Crippen LogP contribution in [0.1, 0.15) is 52.6 Å². The second-order valence-corrected chi connectivity index (χ2v) is 8.09. The Balaban J connectivity index is 1.79. The van der Waals surface area contributed by atoms with Crippen molar-refractivity contribution in [3.63, 3.8) is 0 Å². The SMILES string of the molecule is NC(=O)c1c2c(c(N3CCNCC3)n3c1nc1ccccc13)C1CCC2C1. The number of anilines is 1. The Morgan fingerprint density at radius 2 is 1.85 bits per heavy atom. The van der Waals surface area contributed by atoms with E-state index in [9.17, 15) is 4.79 Å². The van der Waals surface area contributed by atoms with Crippen LogP contribution in [0.4, 0.5) is 5.82 Å². The number of primary amides is 1. The zero-order valence-corrected chi connectivity index (χ0v) is 15.2. The molecule has 1 amide bonds. The van der Waals surface area contributed by atoms with Gasteiger partial charge in [0.25, 0.3) is 5.91 Å². The minimum atomic E-state index is -0.342. The van der Waals surface area contributed by atoms with Crippen molar-refractivity contribution in [1.29, 1.82) is 0 Å². The van der Waals surface area contributed by atoms with Crippen LogP contribution in [-0.2, 0) is 0 Å². The van der Waals surface area contributed by atoms with Gasteiger partial charge in [0.05, 0.1) is 16.6 Å². The maximum Gasteiger partial charge on any atom is 0.252 e. The number of amides is 1. The summed E-state index contributed by atoms with van der Waals surface area (Å²) in [5.74, 6) is 1.91. The third-order valence-corrected chi connectivity index (χ3v) is 6.71. The fraction of sp³-hybridized carbons (Fsp3) is 0.429. The number of nitrogens with zero attached hydrogens (tertiary/aromatic N) is 3. The predicted octanol–water partition coefficient (Wildman–Crippen LogP) is 2.36. The second kappa shape index (κ2) is 5.45. The van der Waals surface area contributed by atoms with Gasteiger partial charge in [-0.2, -0.15) is 0 Å². The highest BCUT2D eigenvalue weighted by Crippen LogP contribution is 2.57. The number of nitrogens with one attached hydrogen (secondary N) is 1. The van der Waals surface area contributed by atoms with Gasteiger partial charge in [-0.3, -0.25) is 9.20 Å². The average molecular weight is 361 g/mol. The molecular formula is C21H23N5O. The van der Waals surface area contributed by atoms with E-state index in [1.54, 1.807) is 0 Å². The minimum Gasteiger partial charge on any atom is -0.365 e. The lowest BCUT2D eigenvalue weighted by Crippen LogP contribution is -2.45. The standard InChI is InChI=1S/C21H23N5O/c22-19(27)18-16-12-5-6-13(11-12)17(16)21(25-9-7-23-8-10-25)26-15-4-2-1-3-14(15)24-20(18)26/h1-4,12-13,23H,5-11H2,(H2,22,27). The van der Waals surface area contributed by atoms with Crippen molar-refractivity contribution >= 4 is 28.4 Å². The molecule has 0 spiro atoms. The van der Waals surface area contributed by atoms with Gasteiger partial charge < -0.3 is 16.0 Å². The van der Waals surface area contributed by atoms with Crippen molar-refractivity contribution in [2.45, 2.75) is 31.1 Å². The van der Waals surface area contributed by atoms with Crippen molar-refractivity contribution in [1.82, 2.24) is 14.7 Å². The van der Waals surface area contributed by atoms with Crippen LogP contribution in [0, 0.1) is 0 Å². The van der Waals surface area contributed by atoms with E-state index < -0.39 is 0 Å². The molecule has 3 aliphatic rings. The zero-order chi connectivity index (χ0) is 18.1. The summed E-state index contributed by atoms with van der Waals surface area (Å²) in [7, 11) is 0. The van der Waals surface area contributed by atoms with Crippen LogP contribution in [0.3, 0.4) is 0 Å². The summed E-state index contributed by atoms with van der Waals surface area (Å²) in [5, 5.41) is 3.45. The number of aromatic nitrogens is 2. The van der Waals surface area contributed by atoms with Crippen LogP contribution < -0.4 is 16.0 Å². The first-order chi connectivity index (χ1) is 13.2. The molecular weight excluding hydrogens is 338 g/mol. The molecule has 2 atom stereocenters. The number of benzene rings is 1. The number of pyridine rings is 1. The van der Waals surface area contributed by atoms with E-state index in [1.165, 1.54) is 23.4 Å². The number of carbonyl (C=O) groups is 1. The molecule has 138 valence electrons. The third kappa shape index (κ3) is 1.99. The van der Waals surface area contributed by atoms with Crippen molar-refractivity contribution in [2.75, 3.05) is 31.1 Å². The highest BCUT2D eigenvalue weighted by Gasteiger charge is 2.44. The molecule has 6 rings (SSSR count). The molecule has 2 aromatic heterocycles. The predicted molar refractivity (Wildman–Crippen MR) is 106 cm³/mol. The monoisotopic (exact) mass is 361 g/mol. The minimum absolute atomic E-state index is 0.342. The Morgan fingerprint density at radius 1 is 1.11 bits per heavy atom. The highest BCUT2D eigenvalue weighted by atomic mass is 16.1. The van der Waals surface area contributed by atoms with Gasteiger partial charge >= 0.3 is 0 Å². The van der Waals surface area contributed by atoms with E-state index >= 15 is 0 Å². The van der Waals surface area contributed by atoms with E-state index in [-0.39, 0.29) is 5.91 Å². The summed E-state index contributed by atoms with van der Waals surface area (Å²) in [6.07, 6.45) is 3.53. The Kier molecular flexibility index (Phi) is 3.12. The topological polar surface area (TPSA) is 75.7 Å². The molecule has 2 unspecified atom stereocenters. The molecule has 2 aliphatic carbocycles. The smallest absolute Gasteiger partial charge is 0.252 e. The first kappa shape index (κ1) is 15.5. The van der Waals surface area contributed by atoms with Gasteiger partial charge in [-0.05, 0) is 48.8 Å². The molecule has 0 radical (unpaired) electrons. The van der Waals surface area contributed by atoms with E-state index in [0.29, 0.717) is 17.4 Å². The number of para-hydroxylation sites is 2. The lowest BCUT2D eigenvalue weighted by atomic mass is 9.88. The Bertz CT molecular complexity index is 1100. The van der Waals surface area contributed by atoms with Crippen molar-refractivity contribution in [2.24, 2.45) is 5.73 Å². The van der Waals surface area contributed by atoms with Gasteiger partial charge in [0, 0.05) is 31.7 Å². The fourth-order valence-corrected chi connectivity index (χ4v) is 5.67. The van der Waals surface area contributed by atoms with Crippen molar-refractivity contribution in [3.8, 4) is 0 Å². The first-order valence-corrected chi connectivity index (χ1v) is 9.96. The summed E-state index contributed by atoms with van der Waals surface area (Å²) < 4.78 is 2.22. The maximum absolute atomic E-state index is 12.6. The van der Waals surface area contributed by atoms with Crippen LogP contribution in [0.2, 0.25) is 0 Å². The molecule has 1 saturated heterocycles. The lowest BCUT2D eigenvalue weighted by Gasteiger charge is -2.34. The number of rotatable bonds is 2. The molecule has 1 aliphatic heterocycles. The number of nitrogens with two attached hydrogens (primary N) is 1. The molecule has 6 nitrogen and oxygen atoms in total. The summed E-state index contributed by atoms with van der Waals surface area (Å²) >= 11 is 0. The molecule has 3 N–H and O–H groups in total. The maximum atomic E-state index is 12.6. The fourth-order valence-electron chi connectivity index (χ4n) is 5.67. The van der Waals surface area contributed by atoms with Crippen LogP contribution in [-0.4, -0.2) is 41.5 Å². The van der Waals surface area contributed by atoms with Gasteiger partial charge in [0.15, 0.2) is 5.65 Å². The van der Waals surface area contributed by atoms with E-state index in [4.69, 9.17) is 10.7 Å². The molecule has 1 saturated carbocycles.